The Morgan fingerprint density at radius 3 is 2.62 bits per heavy atom. The number of rotatable bonds is 6. The number of anilines is 1. The lowest BCUT2D eigenvalue weighted by molar-refractivity contribution is -0.115. The third-order valence-corrected chi connectivity index (χ3v) is 5.64. The molecule has 3 aromatic rings. The molecular formula is C21H23N3OS. The monoisotopic (exact) mass is 365 g/mol. The lowest BCUT2D eigenvalue weighted by atomic mass is 9.97. The van der Waals surface area contributed by atoms with Crippen LogP contribution in [0.2, 0.25) is 0 Å². The molecule has 5 heteroatoms. The molecule has 0 aliphatic rings. The highest BCUT2D eigenvalue weighted by Crippen LogP contribution is 2.30. The van der Waals surface area contributed by atoms with Crippen molar-refractivity contribution in [2.75, 3.05) is 5.32 Å². The second-order valence-corrected chi connectivity index (χ2v) is 7.67. The van der Waals surface area contributed by atoms with Crippen LogP contribution < -0.4 is 5.32 Å². The van der Waals surface area contributed by atoms with Gasteiger partial charge in [0.2, 0.25) is 5.91 Å². The molecule has 2 aromatic carbocycles. The molecule has 1 amide bonds. The van der Waals surface area contributed by atoms with Crippen LogP contribution in [0.1, 0.15) is 38.7 Å². The zero-order chi connectivity index (χ0) is 18.5. The van der Waals surface area contributed by atoms with Crippen molar-refractivity contribution in [1.29, 1.82) is 0 Å². The van der Waals surface area contributed by atoms with Crippen LogP contribution in [0.15, 0.2) is 59.9 Å². The van der Waals surface area contributed by atoms with Gasteiger partial charge in [0.1, 0.15) is 11.4 Å². The fraction of sp³-hybridized carbons (Fsp3) is 0.286. The zero-order valence-corrected chi connectivity index (χ0v) is 16.1. The number of amides is 1. The minimum Gasteiger partial charge on any atom is -0.325 e. The van der Waals surface area contributed by atoms with Crippen LogP contribution in [0.3, 0.4) is 0 Å². The number of hydrogen-bond donors (Lipinski definition) is 1. The van der Waals surface area contributed by atoms with Crippen molar-refractivity contribution in [3.05, 3.63) is 60.4 Å². The number of fused-ring (bicyclic) bond motifs is 1. The molecule has 2 atom stereocenters. The Balaban J connectivity index is 1.77. The van der Waals surface area contributed by atoms with Gasteiger partial charge in [-0.1, -0.05) is 62.0 Å². The number of nitrogens with zero attached hydrogens (tertiary/aromatic N) is 2. The van der Waals surface area contributed by atoms with Crippen molar-refractivity contribution in [1.82, 2.24) is 9.97 Å². The van der Waals surface area contributed by atoms with Crippen molar-refractivity contribution in [2.24, 2.45) is 0 Å². The molecule has 0 aliphatic carbocycles. The van der Waals surface area contributed by atoms with E-state index in [1.807, 2.05) is 49.4 Å². The fourth-order valence-electron chi connectivity index (χ4n) is 2.79. The smallest absolute Gasteiger partial charge is 0.237 e. The first-order valence-corrected chi connectivity index (χ1v) is 9.74. The Morgan fingerprint density at radius 2 is 1.81 bits per heavy atom. The first kappa shape index (κ1) is 18.4. The van der Waals surface area contributed by atoms with Gasteiger partial charge in [-0.2, -0.15) is 0 Å². The molecule has 1 N–H and O–H groups in total. The number of thioether (sulfide) groups is 1. The minimum atomic E-state index is -0.265. The van der Waals surface area contributed by atoms with E-state index in [9.17, 15) is 4.79 Å². The summed E-state index contributed by atoms with van der Waals surface area (Å²) < 4.78 is 0. The number of carbonyl (C=O) groups excluding carboxylic acids is 1. The highest BCUT2D eigenvalue weighted by molar-refractivity contribution is 8.00. The average Bonchev–Trinajstić information content (AvgIpc) is 2.68. The van der Waals surface area contributed by atoms with Crippen LogP contribution in [0.5, 0.6) is 0 Å². The van der Waals surface area contributed by atoms with Gasteiger partial charge in [0.15, 0.2) is 0 Å². The quantitative estimate of drug-likeness (QED) is 0.478. The zero-order valence-electron chi connectivity index (χ0n) is 15.3. The van der Waals surface area contributed by atoms with E-state index in [2.05, 4.69) is 35.2 Å². The molecule has 0 radical (unpaired) electrons. The summed E-state index contributed by atoms with van der Waals surface area (Å²) in [6.45, 7) is 6.24. The van der Waals surface area contributed by atoms with E-state index in [0.29, 0.717) is 5.92 Å². The van der Waals surface area contributed by atoms with Crippen LogP contribution in [0, 0.1) is 0 Å². The topological polar surface area (TPSA) is 54.9 Å². The summed E-state index contributed by atoms with van der Waals surface area (Å²) in [5.74, 6) is 0.383. The van der Waals surface area contributed by atoms with E-state index < -0.39 is 0 Å². The highest BCUT2D eigenvalue weighted by Gasteiger charge is 2.19. The summed E-state index contributed by atoms with van der Waals surface area (Å²) in [5, 5.41) is 4.62. The molecule has 3 rings (SSSR count). The molecule has 0 bridgehead atoms. The minimum absolute atomic E-state index is 0.0200. The molecule has 0 spiro atoms. The number of aromatic nitrogens is 2. The van der Waals surface area contributed by atoms with Gasteiger partial charge in [-0.15, -0.1) is 0 Å². The van der Waals surface area contributed by atoms with Gasteiger partial charge >= 0.3 is 0 Å². The van der Waals surface area contributed by atoms with Gasteiger partial charge in [0.25, 0.3) is 0 Å². The lowest BCUT2D eigenvalue weighted by Gasteiger charge is -2.17. The summed E-state index contributed by atoms with van der Waals surface area (Å²) in [6.07, 6.45) is 2.58. The van der Waals surface area contributed by atoms with Crippen LogP contribution >= 0.6 is 11.8 Å². The van der Waals surface area contributed by atoms with Crippen LogP contribution in [0.25, 0.3) is 10.9 Å². The van der Waals surface area contributed by atoms with Gasteiger partial charge in [-0.3, -0.25) is 4.79 Å². The summed E-state index contributed by atoms with van der Waals surface area (Å²) in [7, 11) is 0. The standard InChI is InChI=1S/C21H23N3OS/c1-4-14(2)16-9-5-8-12-19(16)24-20(25)15(3)26-21-17-10-6-7-11-18(17)22-13-23-21/h5-15H,4H2,1-3H3,(H,24,25)/t14-,15-/m1/s1. The Bertz CT molecular complexity index is 907. The van der Waals surface area contributed by atoms with Gasteiger partial charge in [-0.05, 0) is 37.0 Å². The van der Waals surface area contributed by atoms with Gasteiger partial charge < -0.3 is 5.32 Å². The number of carbonyl (C=O) groups is 1. The van der Waals surface area contributed by atoms with E-state index in [-0.39, 0.29) is 11.2 Å². The first-order valence-electron chi connectivity index (χ1n) is 8.86. The second kappa shape index (κ2) is 8.32. The predicted octanol–water partition coefficient (Wildman–Crippen LogP) is 5.26. The maximum absolute atomic E-state index is 12.7. The Morgan fingerprint density at radius 1 is 1.08 bits per heavy atom. The van der Waals surface area contributed by atoms with E-state index in [1.165, 1.54) is 17.3 Å². The SMILES string of the molecule is CC[C@@H](C)c1ccccc1NC(=O)[C@@H](C)Sc1ncnc2ccccc12. The first-order chi connectivity index (χ1) is 12.6. The maximum Gasteiger partial charge on any atom is 0.237 e. The molecule has 0 saturated carbocycles. The van der Waals surface area contributed by atoms with Crippen molar-refractivity contribution >= 4 is 34.3 Å². The third-order valence-electron chi connectivity index (χ3n) is 4.53. The van der Waals surface area contributed by atoms with E-state index in [4.69, 9.17) is 0 Å². The van der Waals surface area contributed by atoms with Crippen molar-refractivity contribution in [3.8, 4) is 0 Å². The molecule has 0 saturated heterocycles. The van der Waals surface area contributed by atoms with Gasteiger partial charge in [0, 0.05) is 11.1 Å². The van der Waals surface area contributed by atoms with Gasteiger partial charge in [-0.25, -0.2) is 9.97 Å². The highest BCUT2D eigenvalue weighted by atomic mass is 32.2. The Kier molecular flexibility index (Phi) is 5.89. The molecule has 26 heavy (non-hydrogen) atoms. The van der Waals surface area contributed by atoms with E-state index in [1.54, 1.807) is 6.33 Å². The second-order valence-electron chi connectivity index (χ2n) is 6.34. The molecule has 0 aliphatic heterocycles. The summed E-state index contributed by atoms with van der Waals surface area (Å²) in [5.41, 5.74) is 2.96. The maximum atomic E-state index is 12.7. The van der Waals surface area contributed by atoms with E-state index >= 15 is 0 Å². The molecule has 4 nitrogen and oxygen atoms in total. The fourth-order valence-corrected chi connectivity index (χ4v) is 3.70. The normalized spacial score (nSPS) is 13.3. The summed E-state index contributed by atoms with van der Waals surface area (Å²) in [6, 6.07) is 15.9. The van der Waals surface area contributed by atoms with E-state index in [0.717, 1.165) is 28.0 Å². The third kappa shape index (κ3) is 4.05. The average molecular weight is 366 g/mol. The predicted molar refractivity (Wildman–Crippen MR) is 109 cm³/mol. The lowest BCUT2D eigenvalue weighted by Crippen LogP contribution is -2.23. The molecular weight excluding hydrogens is 342 g/mol. The Hall–Kier alpha value is -2.40. The number of hydrogen-bond acceptors (Lipinski definition) is 4. The number of benzene rings is 2. The molecule has 1 heterocycles. The molecule has 0 fully saturated rings. The largest absolute Gasteiger partial charge is 0.325 e. The van der Waals surface area contributed by atoms with Crippen molar-refractivity contribution in [2.45, 2.75) is 43.4 Å². The van der Waals surface area contributed by atoms with Crippen LogP contribution in [0.4, 0.5) is 5.69 Å². The summed E-state index contributed by atoms with van der Waals surface area (Å²) in [4.78, 5) is 21.4. The van der Waals surface area contributed by atoms with Crippen molar-refractivity contribution < 1.29 is 4.79 Å². The van der Waals surface area contributed by atoms with Crippen LogP contribution in [-0.4, -0.2) is 21.1 Å². The molecule has 134 valence electrons. The van der Waals surface area contributed by atoms with Crippen molar-refractivity contribution in [3.63, 3.8) is 0 Å². The number of para-hydroxylation sites is 2. The molecule has 0 unspecified atom stereocenters. The number of nitrogens with one attached hydrogen (secondary N) is 1. The Labute approximate surface area is 158 Å². The van der Waals surface area contributed by atoms with Gasteiger partial charge in [0.05, 0.1) is 10.8 Å². The summed E-state index contributed by atoms with van der Waals surface area (Å²) >= 11 is 1.46. The molecule has 1 aromatic heterocycles. The van der Waals surface area contributed by atoms with Crippen LogP contribution in [-0.2, 0) is 4.79 Å².